The van der Waals surface area contributed by atoms with Gasteiger partial charge in [0, 0.05) is 18.1 Å². The van der Waals surface area contributed by atoms with Crippen molar-refractivity contribution in [1.29, 1.82) is 0 Å². The number of methoxy groups -OCH3 is 1. The molecule has 1 rings (SSSR count). The summed E-state index contributed by atoms with van der Waals surface area (Å²) in [6, 6.07) is 7.33. The molecule has 5 heteroatoms. The molecule has 1 aromatic carbocycles. The van der Waals surface area contributed by atoms with Gasteiger partial charge < -0.3 is 14.8 Å². The molecule has 4 nitrogen and oxygen atoms in total. The topological polar surface area (TPSA) is 47.6 Å². The number of hydrogen-bond acceptors (Lipinski definition) is 3. The zero-order chi connectivity index (χ0) is 15.9. The number of nitrogens with one attached hydrogen (secondary N) is 1. The van der Waals surface area contributed by atoms with E-state index in [0.29, 0.717) is 18.9 Å². The quantitative estimate of drug-likeness (QED) is 0.718. The first kappa shape index (κ1) is 18.0. The van der Waals surface area contributed by atoms with Gasteiger partial charge in [0.1, 0.15) is 11.4 Å². The molecule has 1 unspecified atom stereocenters. The van der Waals surface area contributed by atoms with E-state index in [9.17, 15) is 4.79 Å². The first-order valence-electron chi connectivity index (χ1n) is 7.06. The van der Waals surface area contributed by atoms with Crippen molar-refractivity contribution in [2.24, 2.45) is 5.92 Å². The second kappa shape index (κ2) is 8.39. The highest BCUT2D eigenvalue weighted by Crippen LogP contribution is 2.23. The number of carbonyl (C=O) groups is 1. The summed E-state index contributed by atoms with van der Waals surface area (Å²) in [5.74, 6) is 1.03. The van der Waals surface area contributed by atoms with Gasteiger partial charge in [-0.2, -0.15) is 0 Å². The zero-order valence-electron chi connectivity index (χ0n) is 13.1. The van der Waals surface area contributed by atoms with E-state index in [0.717, 1.165) is 16.8 Å². The Balaban J connectivity index is 2.68. The summed E-state index contributed by atoms with van der Waals surface area (Å²) in [5.41, 5.74) is -0.0857. The van der Waals surface area contributed by atoms with Crippen molar-refractivity contribution in [3.8, 4) is 5.75 Å². The molecule has 118 valence electrons. The molecule has 0 saturated heterocycles. The SMILES string of the molecule is COC(C)(CC(C)C)C(=O)Nc1ccc(OCCBr)cc1. The minimum absolute atomic E-state index is 0.132. The molecule has 21 heavy (non-hydrogen) atoms. The van der Waals surface area contributed by atoms with E-state index in [1.165, 1.54) is 0 Å². The molecular formula is C16H24BrNO3. The Bertz CT molecular complexity index is 447. The number of amides is 1. The standard InChI is InChI=1S/C16H24BrNO3/c1-12(2)11-16(3,20-4)15(19)18-13-5-7-14(8-6-13)21-10-9-17/h5-8,12H,9-11H2,1-4H3,(H,18,19). The minimum atomic E-state index is -0.820. The summed E-state index contributed by atoms with van der Waals surface area (Å²) in [6.07, 6.45) is 0.668. The first-order chi connectivity index (χ1) is 9.91. The number of hydrogen-bond donors (Lipinski definition) is 1. The van der Waals surface area contributed by atoms with Crippen LogP contribution >= 0.6 is 15.9 Å². The van der Waals surface area contributed by atoms with Gasteiger partial charge in [-0.15, -0.1) is 0 Å². The van der Waals surface area contributed by atoms with E-state index in [4.69, 9.17) is 9.47 Å². The van der Waals surface area contributed by atoms with Crippen LogP contribution in [0.3, 0.4) is 0 Å². The van der Waals surface area contributed by atoms with E-state index >= 15 is 0 Å². The van der Waals surface area contributed by atoms with Crippen LogP contribution in [0.15, 0.2) is 24.3 Å². The molecular weight excluding hydrogens is 334 g/mol. The van der Waals surface area contributed by atoms with Gasteiger partial charge in [-0.1, -0.05) is 29.8 Å². The van der Waals surface area contributed by atoms with Gasteiger partial charge in [0.15, 0.2) is 0 Å². The van der Waals surface area contributed by atoms with Gasteiger partial charge in [0.2, 0.25) is 0 Å². The number of rotatable bonds is 8. The fourth-order valence-corrected chi connectivity index (χ4v) is 2.26. The Labute approximate surface area is 135 Å². The average molecular weight is 358 g/mol. The lowest BCUT2D eigenvalue weighted by Gasteiger charge is -2.28. The Hall–Kier alpha value is -1.07. The zero-order valence-corrected chi connectivity index (χ0v) is 14.7. The molecule has 1 N–H and O–H groups in total. The maximum atomic E-state index is 12.4. The second-order valence-electron chi connectivity index (χ2n) is 5.55. The van der Waals surface area contributed by atoms with Crippen molar-refractivity contribution < 1.29 is 14.3 Å². The van der Waals surface area contributed by atoms with Crippen LogP contribution in [0.4, 0.5) is 5.69 Å². The number of ether oxygens (including phenoxy) is 2. The van der Waals surface area contributed by atoms with Gasteiger partial charge >= 0.3 is 0 Å². The van der Waals surface area contributed by atoms with Crippen molar-refractivity contribution in [1.82, 2.24) is 0 Å². The predicted molar refractivity (Wildman–Crippen MR) is 89.2 cm³/mol. The molecule has 0 aliphatic carbocycles. The van der Waals surface area contributed by atoms with Crippen LogP contribution in [0, 0.1) is 5.92 Å². The summed E-state index contributed by atoms with van der Waals surface area (Å²) in [5, 5.41) is 3.68. The van der Waals surface area contributed by atoms with Crippen LogP contribution in [0.5, 0.6) is 5.75 Å². The van der Waals surface area contributed by atoms with Gasteiger partial charge in [0.25, 0.3) is 5.91 Å². The molecule has 0 saturated carbocycles. The molecule has 0 aliphatic heterocycles. The minimum Gasteiger partial charge on any atom is -0.493 e. The number of anilines is 1. The smallest absolute Gasteiger partial charge is 0.256 e. The third-order valence-corrected chi connectivity index (χ3v) is 3.51. The van der Waals surface area contributed by atoms with Crippen molar-refractivity contribution in [3.05, 3.63) is 24.3 Å². The first-order valence-corrected chi connectivity index (χ1v) is 8.19. The van der Waals surface area contributed by atoms with E-state index < -0.39 is 5.60 Å². The second-order valence-corrected chi connectivity index (χ2v) is 6.34. The molecule has 0 radical (unpaired) electrons. The third kappa shape index (κ3) is 5.67. The maximum Gasteiger partial charge on any atom is 0.256 e. The molecule has 1 atom stereocenters. The number of carbonyl (C=O) groups excluding carboxylic acids is 1. The average Bonchev–Trinajstić information content (AvgIpc) is 2.45. The van der Waals surface area contributed by atoms with Crippen LogP contribution in [-0.2, 0) is 9.53 Å². The monoisotopic (exact) mass is 357 g/mol. The van der Waals surface area contributed by atoms with Crippen LogP contribution in [0.2, 0.25) is 0 Å². The molecule has 0 spiro atoms. The molecule has 0 aliphatic rings. The van der Waals surface area contributed by atoms with Crippen LogP contribution in [-0.4, -0.2) is 30.6 Å². The number of benzene rings is 1. The summed E-state index contributed by atoms with van der Waals surface area (Å²) in [6.45, 7) is 6.57. The number of alkyl halides is 1. The van der Waals surface area contributed by atoms with E-state index in [1.54, 1.807) is 7.11 Å². The van der Waals surface area contributed by atoms with Gasteiger partial charge in [-0.25, -0.2) is 0 Å². The maximum absolute atomic E-state index is 12.4. The molecule has 1 aromatic rings. The lowest BCUT2D eigenvalue weighted by Crippen LogP contribution is -2.43. The molecule has 1 amide bonds. The van der Waals surface area contributed by atoms with Crippen molar-refractivity contribution in [2.75, 3.05) is 24.4 Å². The van der Waals surface area contributed by atoms with Gasteiger partial charge in [-0.3, -0.25) is 4.79 Å². The van der Waals surface area contributed by atoms with Crippen LogP contribution in [0.1, 0.15) is 27.2 Å². The summed E-state index contributed by atoms with van der Waals surface area (Å²) >= 11 is 3.31. The predicted octanol–water partition coefficient (Wildman–Crippen LogP) is 3.85. The van der Waals surface area contributed by atoms with Gasteiger partial charge in [-0.05, 0) is 43.5 Å². The Morgan fingerprint density at radius 3 is 2.43 bits per heavy atom. The molecule has 0 bridgehead atoms. The lowest BCUT2D eigenvalue weighted by molar-refractivity contribution is -0.137. The highest BCUT2D eigenvalue weighted by atomic mass is 79.9. The fraction of sp³-hybridized carbons (Fsp3) is 0.562. The Morgan fingerprint density at radius 2 is 1.95 bits per heavy atom. The van der Waals surface area contributed by atoms with Gasteiger partial charge in [0.05, 0.1) is 6.61 Å². The highest BCUT2D eigenvalue weighted by molar-refractivity contribution is 9.09. The summed E-state index contributed by atoms with van der Waals surface area (Å²) < 4.78 is 10.9. The molecule has 0 aromatic heterocycles. The molecule has 0 fully saturated rings. The lowest BCUT2D eigenvalue weighted by atomic mass is 9.93. The normalized spacial score (nSPS) is 13.8. The van der Waals surface area contributed by atoms with Crippen molar-refractivity contribution in [3.63, 3.8) is 0 Å². The summed E-state index contributed by atoms with van der Waals surface area (Å²) in [4.78, 5) is 12.4. The Morgan fingerprint density at radius 1 is 1.33 bits per heavy atom. The highest BCUT2D eigenvalue weighted by Gasteiger charge is 2.33. The van der Waals surface area contributed by atoms with Crippen LogP contribution in [0.25, 0.3) is 0 Å². The summed E-state index contributed by atoms with van der Waals surface area (Å²) in [7, 11) is 1.57. The Kier molecular flexibility index (Phi) is 7.18. The molecule has 0 heterocycles. The number of halogens is 1. The van der Waals surface area contributed by atoms with Crippen LogP contribution < -0.4 is 10.1 Å². The van der Waals surface area contributed by atoms with Crippen molar-refractivity contribution in [2.45, 2.75) is 32.8 Å². The largest absolute Gasteiger partial charge is 0.493 e. The van der Waals surface area contributed by atoms with E-state index in [-0.39, 0.29) is 5.91 Å². The fourth-order valence-electron chi connectivity index (χ4n) is 2.10. The van der Waals surface area contributed by atoms with E-state index in [2.05, 4.69) is 35.1 Å². The third-order valence-electron chi connectivity index (χ3n) is 3.19. The van der Waals surface area contributed by atoms with E-state index in [1.807, 2.05) is 31.2 Å². The van der Waals surface area contributed by atoms with Crippen molar-refractivity contribution >= 4 is 27.5 Å².